The van der Waals surface area contributed by atoms with Crippen molar-refractivity contribution in [3.63, 3.8) is 0 Å². The van der Waals surface area contributed by atoms with Crippen molar-refractivity contribution in [1.29, 1.82) is 5.26 Å². The minimum Gasteiger partial charge on any atom is -0.490 e. The molecule has 0 aromatic heterocycles. The second kappa shape index (κ2) is 21.4. The van der Waals surface area contributed by atoms with Crippen LogP contribution in [0.15, 0.2) is 47.3 Å². The summed E-state index contributed by atoms with van der Waals surface area (Å²) < 4.78 is 12.2. The summed E-state index contributed by atoms with van der Waals surface area (Å²) in [6.45, 7) is 5.64. The van der Waals surface area contributed by atoms with Crippen LogP contribution in [0.25, 0.3) is 0 Å². The number of anilines is 1. The van der Waals surface area contributed by atoms with Crippen LogP contribution in [0, 0.1) is 11.3 Å². The van der Waals surface area contributed by atoms with Crippen molar-refractivity contribution in [3.05, 3.63) is 63.8 Å². The average molecular weight is 563 g/mol. The zero-order chi connectivity index (χ0) is 29.5. The molecule has 0 fully saturated rings. The molecule has 0 atom stereocenters. The van der Waals surface area contributed by atoms with E-state index >= 15 is 0 Å². The second-order valence-corrected chi connectivity index (χ2v) is 10.8. The molecule has 0 unspecified atom stereocenters. The second-order valence-electron chi connectivity index (χ2n) is 10.8. The lowest BCUT2D eigenvalue weighted by Gasteiger charge is -2.14. The fourth-order valence-corrected chi connectivity index (χ4v) is 4.66. The molecule has 2 aromatic rings. The van der Waals surface area contributed by atoms with Crippen LogP contribution in [0.1, 0.15) is 133 Å². The Morgan fingerprint density at radius 3 is 1.76 bits per heavy atom. The number of nitrogens with zero attached hydrogens (tertiary/aromatic N) is 1. The summed E-state index contributed by atoms with van der Waals surface area (Å²) in [4.78, 5) is 25.4. The summed E-state index contributed by atoms with van der Waals surface area (Å²) in [5.74, 6) is 0.768. The van der Waals surface area contributed by atoms with Gasteiger partial charge in [0.05, 0.1) is 30.5 Å². The van der Waals surface area contributed by atoms with Crippen molar-refractivity contribution in [2.24, 2.45) is 0 Å². The first-order valence-corrected chi connectivity index (χ1v) is 15.8. The average Bonchev–Trinajstić information content (AvgIpc) is 3.16. The largest absolute Gasteiger partial charge is 0.490 e. The molecule has 0 saturated carbocycles. The van der Waals surface area contributed by atoms with Crippen LogP contribution in [0.2, 0.25) is 0 Å². The first-order chi connectivity index (χ1) is 20.1. The number of nitriles is 1. The van der Waals surface area contributed by atoms with E-state index in [4.69, 9.17) is 14.7 Å². The van der Waals surface area contributed by atoms with E-state index in [9.17, 15) is 9.59 Å². The van der Waals surface area contributed by atoms with Gasteiger partial charge >= 0.3 is 0 Å². The Hall–Kier alpha value is -3.33. The Kier molecular flexibility index (Phi) is 17.7. The first kappa shape index (κ1) is 33.9. The summed E-state index contributed by atoms with van der Waals surface area (Å²) in [7, 11) is 0. The molecule has 0 aliphatic heterocycles. The van der Waals surface area contributed by atoms with Crippen LogP contribution < -0.4 is 20.2 Å². The number of benzene rings is 1. The normalized spacial score (nSPS) is 10.7. The Morgan fingerprint density at radius 1 is 0.683 bits per heavy atom. The Morgan fingerprint density at radius 2 is 1.20 bits per heavy atom. The van der Waals surface area contributed by atoms with Gasteiger partial charge in [0.1, 0.15) is 0 Å². The number of hydrogen-bond donors (Lipinski definition) is 1. The summed E-state index contributed by atoms with van der Waals surface area (Å²) in [5.41, 5.74) is 0.475. The number of ether oxygens (including phenoxy) is 2. The Bertz CT molecular complexity index is 1130. The highest BCUT2D eigenvalue weighted by atomic mass is 16.5. The third-order valence-corrected chi connectivity index (χ3v) is 7.20. The molecule has 6 heteroatoms. The van der Waals surface area contributed by atoms with E-state index in [1.807, 2.05) is 6.07 Å². The summed E-state index contributed by atoms with van der Waals surface area (Å²) in [5, 5.41) is 11.8. The number of amides is 1. The number of unbranched alkanes of at least 4 members (excludes halogenated alkanes) is 14. The van der Waals surface area contributed by atoms with Crippen molar-refractivity contribution in [2.75, 3.05) is 18.5 Å². The highest BCUT2D eigenvalue weighted by molar-refractivity contribution is 6.04. The molecular weight excluding hydrogens is 512 g/mol. The van der Waals surface area contributed by atoms with Crippen LogP contribution in [0.3, 0.4) is 0 Å². The van der Waals surface area contributed by atoms with E-state index in [-0.39, 0.29) is 11.1 Å². The van der Waals surface area contributed by atoms with Crippen molar-refractivity contribution in [2.45, 2.75) is 117 Å². The van der Waals surface area contributed by atoms with Gasteiger partial charge in [-0.25, -0.2) is 0 Å². The van der Waals surface area contributed by atoms with Crippen molar-refractivity contribution in [1.82, 2.24) is 0 Å². The minimum atomic E-state index is -0.418. The number of hydrogen-bond acceptors (Lipinski definition) is 5. The van der Waals surface area contributed by atoms with Crippen molar-refractivity contribution < 1.29 is 14.3 Å². The van der Waals surface area contributed by atoms with Crippen LogP contribution in [-0.2, 0) is 0 Å². The van der Waals surface area contributed by atoms with Crippen LogP contribution >= 0.6 is 0 Å². The van der Waals surface area contributed by atoms with Gasteiger partial charge in [-0.1, -0.05) is 104 Å². The molecule has 224 valence electrons. The van der Waals surface area contributed by atoms with E-state index in [1.165, 1.54) is 101 Å². The fraction of sp³-hybridized carbons (Fsp3) is 0.571. The summed E-state index contributed by atoms with van der Waals surface area (Å²) in [6.07, 6.45) is 19.6. The first-order valence-electron chi connectivity index (χ1n) is 15.8. The SMILES string of the molecule is CCCCCCCCCCOc1ccc(C(=O)Nc2ccc(C#N)ccc2=O)cc1OCCCCCCCCCC. The van der Waals surface area contributed by atoms with E-state index in [1.54, 1.807) is 18.2 Å². The van der Waals surface area contributed by atoms with Crippen LogP contribution in [0.5, 0.6) is 11.5 Å². The van der Waals surface area contributed by atoms with E-state index in [0.717, 1.165) is 25.7 Å². The molecule has 0 radical (unpaired) electrons. The molecule has 0 saturated heterocycles. The summed E-state index contributed by atoms with van der Waals surface area (Å²) in [6, 6.07) is 12.9. The molecule has 2 rings (SSSR count). The Balaban J connectivity index is 1.96. The fourth-order valence-electron chi connectivity index (χ4n) is 4.66. The number of carbonyl (C=O) groups excluding carboxylic acids is 1. The van der Waals surface area contributed by atoms with Crippen LogP contribution in [-0.4, -0.2) is 19.1 Å². The number of carbonyl (C=O) groups is 1. The lowest BCUT2D eigenvalue weighted by Crippen LogP contribution is -2.17. The maximum absolute atomic E-state index is 13.0. The molecular formula is C35H50N2O4. The lowest BCUT2D eigenvalue weighted by atomic mass is 10.1. The maximum Gasteiger partial charge on any atom is 0.255 e. The molecule has 41 heavy (non-hydrogen) atoms. The van der Waals surface area contributed by atoms with Crippen molar-refractivity contribution >= 4 is 11.6 Å². The predicted octanol–water partition coefficient (Wildman–Crippen LogP) is 9.21. The quantitative estimate of drug-likeness (QED) is 0.145. The summed E-state index contributed by atoms with van der Waals surface area (Å²) >= 11 is 0. The third kappa shape index (κ3) is 14.2. The zero-order valence-electron chi connectivity index (χ0n) is 25.3. The molecule has 0 aliphatic rings. The van der Waals surface area contributed by atoms with Gasteiger partial charge in [-0.15, -0.1) is 0 Å². The highest BCUT2D eigenvalue weighted by Gasteiger charge is 2.13. The van der Waals surface area contributed by atoms with Gasteiger partial charge < -0.3 is 14.8 Å². The van der Waals surface area contributed by atoms with E-state index < -0.39 is 5.91 Å². The molecule has 0 bridgehead atoms. The van der Waals surface area contributed by atoms with Gasteiger partial charge in [-0.05, 0) is 55.3 Å². The molecule has 6 nitrogen and oxygen atoms in total. The minimum absolute atomic E-state index is 0.118. The van der Waals surface area contributed by atoms with Gasteiger partial charge in [0.25, 0.3) is 5.91 Å². The van der Waals surface area contributed by atoms with Crippen LogP contribution in [0.4, 0.5) is 5.69 Å². The monoisotopic (exact) mass is 562 g/mol. The van der Waals surface area contributed by atoms with E-state index in [0.29, 0.717) is 35.8 Å². The zero-order valence-corrected chi connectivity index (χ0v) is 25.3. The van der Waals surface area contributed by atoms with Gasteiger partial charge in [-0.2, -0.15) is 5.26 Å². The molecule has 0 aliphatic carbocycles. The Labute approximate surface area is 247 Å². The molecule has 2 aromatic carbocycles. The van der Waals surface area contributed by atoms with E-state index in [2.05, 4.69) is 19.2 Å². The molecule has 0 spiro atoms. The van der Waals surface area contributed by atoms with Crippen molar-refractivity contribution in [3.8, 4) is 17.6 Å². The smallest absolute Gasteiger partial charge is 0.255 e. The molecule has 1 N–H and O–H groups in total. The van der Waals surface area contributed by atoms with Gasteiger partial charge in [-0.3, -0.25) is 9.59 Å². The molecule has 0 heterocycles. The third-order valence-electron chi connectivity index (χ3n) is 7.20. The lowest BCUT2D eigenvalue weighted by molar-refractivity contribution is 0.102. The highest BCUT2D eigenvalue weighted by Crippen LogP contribution is 2.29. The van der Waals surface area contributed by atoms with Gasteiger partial charge in [0.15, 0.2) is 11.5 Å². The number of nitrogens with one attached hydrogen (secondary N) is 1. The van der Waals surface area contributed by atoms with Gasteiger partial charge in [0.2, 0.25) is 5.43 Å². The maximum atomic E-state index is 13.0. The predicted molar refractivity (Wildman–Crippen MR) is 168 cm³/mol. The molecule has 1 amide bonds. The number of rotatable bonds is 22. The van der Waals surface area contributed by atoms with Gasteiger partial charge in [0, 0.05) is 5.56 Å². The standard InChI is InChI=1S/C35H50N2O4/c1-3-5-7-9-11-13-15-17-25-40-33-24-21-30(27-34(33)41-26-18-16-14-12-10-8-6-4-2)35(39)37-31-22-19-29(28-36)20-23-32(31)38/h19-24,27H,3-18,25-26H2,1-2H3,(H,37,38,39). The topological polar surface area (TPSA) is 88.4 Å².